The first-order valence-electron chi connectivity index (χ1n) is 5.80. The van der Waals surface area contributed by atoms with Gasteiger partial charge in [0.1, 0.15) is 18.2 Å². The van der Waals surface area contributed by atoms with Gasteiger partial charge < -0.3 is 15.6 Å². The second-order valence-corrected chi connectivity index (χ2v) is 3.49. The van der Waals surface area contributed by atoms with Gasteiger partial charge in [0.2, 0.25) is 0 Å². The minimum absolute atomic E-state index is 0.00884. The van der Waals surface area contributed by atoms with Crippen LogP contribution in [0.4, 0.5) is 0 Å². The molecule has 1 unspecified atom stereocenters. The molecule has 5 heteroatoms. The lowest BCUT2D eigenvalue weighted by atomic mass is 10.2. The van der Waals surface area contributed by atoms with Gasteiger partial charge in [0.05, 0.1) is 5.92 Å². The molecule has 0 aliphatic carbocycles. The molecule has 0 aliphatic heterocycles. The number of carbonyl (C=O) groups is 1. The minimum atomic E-state index is -0.889. The molecule has 5 nitrogen and oxygen atoms in total. The zero-order valence-corrected chi connectivity index (χ0v) is 10.9. The van der Waals surface area contributed by atoms with Crippen molar-refractivity contribution in [3.05, 3.63) is 29.8 Å². The Morgan fingerprint density at radius 1 is 1.39 bits per heavy atom. The fourth-order valence-corrected chi connectivity index (χ4v) is 1.02. The van der Waals surface area contributed by atoms with Crippen LogP contribution < -0.4 is 10.5 Å². The molecule has 0 saturated carbocycles. The molecule has 0 amide bonds. The maximum absolute atomic E-state index is 10.5. The lowest BCUT2D eigenvalue weighted by molar-refractivity contribution is -0.142. The van der Waals surface area contributed by atoms with Crippen molar-refractivity contribution < 1.29 is 14.6 Å². The first-order valence-corrected chi connectivity index (χ1v) is 5.80. The second-order valence-electron chi connectivity index (χ2n) is 3.49. The summed E-state index contributed by atoms with van der Waals surface area (Å²) in [7, 11) is 0. The number of hydrogen-bond acceptors (Lipinski definition) is 3. The largest absolute Gasteiger partial charge is 0.493 e. The summed E-state index contributed by atoms with van der Waals surface area (Å²) in [6.07, 6.45) is 0. The topological polar surface area (TPSA) is 96.4 Å². The van der Waals surface area contributed by atoms with E-state index in [2.05, 4.69) is 0 Å². The number of benzene rings is 1. The van der Waals surface area contributed by atoms with Gasteiger partial charge in [0, 0.05) is 5.56 Å². The Morgan fingerprint density at radius 2 is 1.89 bits per heavy atom. The van der Waals surface area contributed by atoms with Gasteiger partial charge in [-0.05, 0) is 31.2 Å². The number of carboxylic acids is 1. The lowest BCUT2D eigenvalue weighted by Crippen LogP contribution is -2.18. The van der Waals surface area contributed by atoms with Crippen molar-refractivity contribution in [2.24, 2.45) is 11.7 Å². The van der Waals surface area contributed by atoms with Gasteiger partial charge in [-0.15, -0.1) is 0 Å². The number of nitrogens with one attached hydrogen (secondary N) is 1. The van der Waals surface area contributed by atoms with Crippen LogP contribution in [-0.2, 0) is 4.79 Å². The van der Waals surface area contributed by atoms with Gasteiger partial charge in [0.25, 0.3) is 0 Å². The van der Waals surface area contributed by atoms with Crippen LogP contribution in [0.15, 0.2) is 24.3 Å². The SMILES string of the molecule is CC.CC(COc1ccc(C(=N)N)cc1)C(=O)O. The van der Waals surface area contributed by atoms with Crippen molar-refractivity contribution in [3.8, 4) is 5.75 Å². The summed E-state index contributed by atoms with van der Waals surface area (Å²) in [5.41, 5.74) is 5.90. The maximum Gasteiger partial charge on any atom is 0.309 e. The molecule has 0 radical (unpaired) electrons. The van der Waals surface area contributed by atoms with Gasteiger partial charge in [-0.2, -0.15) is 0 Å². The summed E-state index contributed by atoms with van der Waals surface area (Å²) >= 11 is 0. The third-order valence-electron chi connectivity index (χ3n) is 2.09. The van der Waals surface area contributed by atoms with E-state index in [0.717, 1.165) is 0 Å². The molecule has 18 heavy (non-hydrogen) atoms. The van der Waals surface area contributed by atoms with Crippen molar-refractivity contribution in [3.63, 3.8) is 0 Å². The van der Waals surface area contributed by atoms with Crippen molar-refractivity contribution in [1.29, 1.82) is 5.41 Å². The van der Waals surface area contributed by atoms with E-state index >= 15 is 0 Å². The van der Waals surface area contributed by atoms with Crippen molar-refractivity contribution in [2.75, 3.05) is 6.61 Å². The van der Waals surface area contributed by atoms with Crippen LogP contribution in [0.2, 0.25) is 0 Å². The molecular formula is C13H20N2O3. The molecule has 100 valence electrons. The highest BCUT2D eigenvalue weighted by molar-refractivity contribution is 5.94. The first kappa shape index (κ1) is 16.0. The van der Waals surface area contributed by atoms with Crippen LogP contribution in [0, 0.1) is 11.3 Å². The van der Waals surface area contributed by atoms with Crippen molar-refractivity contribution in [1.82, 2.24) is 0 Å². The number of ether oxygens (including phenoxy) is 1. The Morgan fingerprint density at radius 3 is 2.28 bits per heavy atom. The molecule has 0 heterocycles. The number of carboxylic acid groups (broad SMARTS) is 1. The third-order valence-corrected chi connectivity index (χ3v) is 2.09. The molecule has 0 fully saturated rings. The smallest absolute Gasteiger partial charge is 0.309 e. The van der Waals surface area contributed by atoms with Crippen LogP contribution in [0.5, 0.6) is 5.75 Å². The Bertz CT molecular complexity index is 388. The zero-order chi connectivity index (χ0) is 14.1. The minimum Gasteiger partial charge on any atom is -0.493 e. The van der Waals surface area contributed by atoms with Gasteiger partial charge in [-0.3, -0.25) is 10.2 Å². The van der Waals surface area contributed by atoms with Gasteiger partial charge in [-0.25, -0.2) is 0 Å². The molecule has 1 rings (SSSR count). The van der Waals surface area contributed by atoms with Crippen molar-refractivity contribution >= 4 is 11.8 Å². The van der Waals surface area contributed by atoms with Gasteiger partial charge in [-0.1, -0.05) is 13.8 Å². The van der Waals surface area contributed by atoms with Crippen LogP contribution in [0.25, 0.3) is 0 Å². The lowest BCUT2D eigenvalue weighted by Gasteiger charge is -2.09. The fraction of sp³-hybridized carbons (Fsp3) is 0.385. The van der Waals surface area contributed by atoms with Crippen LogP contribution >= 0.6 is 0 Å². The molecule has 1 aromatic rings. The Balaban J connectivity index is 0.00000137. The van der Waals surface area contributed by atoms with E-state index in [1.54, 1.807) is 31.2 Å². The molecular weight excluding hydrogens is 232 g/mol. The monoisotopic (exact) mass is 252 g/mol. The molecule has 1 atom stereocenters. The quantitative estimate of drug-likeness (QED) is 0.552. The highest BCUT2D eigenvalue weighted by atomic mass is 16.5. The van der Waals surface area contributed by atoms with Crippen LogP contribution in [0.1, 0.15) is 26.3 Å². The standard InChI is InChI=1S/C11H14N2O3.C2H6/c1-7(11(14)15)6-16-9-4-2-8(3-5-9)10(12)13;1-2/h2-5,7H,6H2,1H3,(H3,12,13)(H,14,15);1-2H3. The summed E-state index contributed by atoms with van der Waals surface area (Å²) in [5, 5.41) is 15.8. The van der Waals surface area contributed by atoms with E-state index in [9.17, 15) is 4.79 Å². The predicted molar refractivity (Wildman–Crippen MR) is 71.1 cm³/mol. The second kappa shape index (κ2) is 8.11. The van der Waals surface area contributed by atoms with E-state index in [4.69, 9.17) is 21.0 Å². The Hall–Kier alpha value is -2.04. The van der Waals surface area contributed by atoms with E-state index < -0.39 is 11.9 Å². The number of hydrogen-bond donors (Lipinski definition) is 3. The molecule has 1 aromatic carbocycles. The fourth-order valence-electron chi connectivity index (χ4n) is 1.02. The summed E-state index contributed by atoms with van der Waals surface area (Å²) in [6.45, 7) is 5.70. The number of amidine groups is 1. The van der Waals surface area contributed by atoms with Crippen molar-refractivity contribution in [2.45, 2.75) is 20.8 Å². The van der Waals surface area contributed by atoms with Crippen LogP contribution in [-0.4, -0.2) is 23.5 Å². The summed E-state index contributed by atoms with van der Waals surface area (Å²) in [6, 6.07) is 6.63. The zero-order valence-electron chi connectivity index (χ0n) is 10.9. The first-order chi connectivity index (χ1) is 8.50. The summed E-state index contributed by atoms with van der Waals surface area (Å²) in [4.78, 5) is 10.5. The van der Waals surface area contributed by atoms with Gasteiger partial charge in [0.15, 0.2) is 0 Å². The van der Waals surface area contributed by atoms with Gasteiger partial charge >= 0.3 is 5.97 Å². The number of rotatable bonds is 5. The number of aliphatic carboxylic acids is 1. The molecule has 0 aliphatic rings. The Kier molecular flexibility index (Phi) is 7.19. The average molecular weight is 252 g/mol. The molecule has 4 N–H and O–H groups in total. The van der Waals surface area contributed by atoms with E-state index in [1.807, 2.05) is 13.8 Å². The highest BCUT2D eigenvalue weighted by Crippen LogP contribution is 2.12. The number of nitrogens with two attached hydrogens (primary N) is 1. The summed E-state index contributed by atoms with van der Waals surface area (Å²) < 4.78 is 5.27. The van der Waals surface area contributed by atoms with Crippen LogP contribution in [0.3, 0.4) is 0 Å². The molecule has 0 spiro atoms. The highest BCUT2D eigenvalue weighted by Gasteiger charge is 2.11. The predicted octanol–water partition coefficient (Wildman–Crippen LogP) is 2.10. The average Bonchev–Trinajstić information content (AvgIpc) is 2.38. The normalized spacial score (nSPS) is 10.8. The molecule has 0 bridgehead atoms. The van der Waals surface area contributed by atoms with E-state index in [1.165, 1.54) is 0 Å². The van der Waals surface area contributed by atoms with E-state index in [-0.39, 0.29) is 12.4 Å². The maximum atomic E-state index is 10.5. The Labute approximate surface area is 107 Å². The molecule has 0 saturated heterocycles. The molecule has 0 aromatic heterocycles. The number of nitrogen functional groups attached to an aromatic ring is 1. The third kappa shape index (κ3) is 5.34. The summed E-state index contributed by atoms with van der Waals surface area (Å²) in [5.74, 6) is -0.878. The van der Waals surface area contributed by atoms with E-state index in [0.29, 0.717) is 11.3 Å².